The lowest BCUT2D eigenvalue weighted by atomic mass is 10.1. The number of carbonyl (C=O) groups excluding carboxylic acids is 1. The Bertz CT molecular complexity index is 1390. The van der Waals surface area contributed by atoms with Crippen LogP contribution < -0.4 is 4.74 Å². The third kappa shape index (κ3) is 3.80. The highest BCUT2D eigenvalue weighted by Crippen LogP contribution is 2.34. The van der Waals surface area contributed by atoms with Gasteiger partial charge in [-0.3, -0.25) is 4.79 Å². The first kappa shape index (κ1) is 19.4. The average molecular weight is 449 g/mol. The van der Waals surface area contributed by atoms with Crippen molar-refractivity contribution in [2.45, 2.75) is 9.92 Å². The van der Waals surface area contributed by atoms with Gasteiger partial charge < -0.3 is 4.74 Å². The third-order valence-electron chi connectivity index (χ3n) is 4.42. The van der Waals surface area contributed by atoms with E-state index < -0.39 is 0 Å². The number of benzene rings is 2. The van der Waals surface area contributed by atoms with Gasteiger partial charge in [-0.05, 0) is 24.3 Å². The summed E-state index contributed by atoms with van der Waals surface area (Å²) in [5.74, 6) is -0.111. The van der Waals surface area contributed by atoms with Crippen LogP contribution in [0, 0.1) is 5.82 Å². The Kier molecular flexibility index (Phi) is 5.19. The largest absolute Gasteiger partial charge is 0.409 e. The van der Waals surface area contributed by atoms with Gasteiger partial charge in [-0.25, -0.2) is 9.37 Å². The van der Waals surface area contributed by atoms with Gasteiger partial charge in [0, 0.05) is 15.8 Å². The lowest BCUT2D eigenvalue weighted by molar-refractivity contribution is -0.120. The second-order valence-corrected chi connectivity index (χ2v) is 8.26. The highest BCUT2D eigenvalue weighted by Gasteiger charge is 2.18. The van der Waals surface area contributed by atoms with E-state index in [1.54, 1.807) is 28.3 Å². The molecule has 0 aliphatic carbocycles. The normalized spacial score (nSPS) is 11.0. The van der Waals surface area contributed by atoms with Gasteiger partial charge in [-0.1, -0.05) is 65.6 Å². The molecule has 3 aromatic heterocycles. The minimum absolute atomic E-state index is 0.191. The van der Waals surface area contributed by atoms with Gasteiger partial charge in [0.25, 0.3) is 6.47 Å². The molecule has 0 saturated heterocycles. The highest BCUT2D eigenvalue weighted by atomic mass is 32.2. The maximum absolute atomic E-state index is 14.1. The number of ether oxygens (including phenoxy) is 1. The van der Waals surface area contributed by atoms with Gasteiger partial charge in [0.15, 0.2) is 5.65 Å². The Balaban J connectivity index is 1.66. The Hall–Kier alpha value is -3.56. The van der Waals surface area contributed by atoms with Gasteiger partial charge in [-0.2, -0.15) is 14.8 Å². The minimum Gasteiger partial charge on any atom is -0.409 e. The van der Waals surface area contributed by atoms with Gasteiger partial charge >= 0.3 is 0 Å². The molecule has 5 rings (SSSR count). The van der Waals surface area contributed by atoms with Crippen molar-refractivity contribution in [2.75, 3.05) is 0 Å². The number of carbonyl (C=O) groups is 1. The quantitative estimate of drug-likeness (QED) is 0.325. The number of aromatic nitrogens is 4. The molecule has 0 unspecified atom stereocenters. The monoisotopic (exact) mass is 448 g/mol. The van der Waals surface area contributed by atoms with Crippen molar-refractivity contribution >= 4 is 40.6 Å². The first-order valence-corrected chi connectivity index (χ1v) is 10.9. The van der Waals surface area contributed by atoms with E-state index in [2.05, 4.69) is 4.98 Å². The molecule has 0 atom stereocenters. The number of hydrogen-bond donors (Lipinski definition) is 0. The number of hydrogen-bond acceptors (Lipinski definition) is 7. The minimum atomic E-state index is -0.302. The van der Waals surface area contributed by atoms with E-state index in [9.17, 15) is 9.18 Å². The van der Waals surface area contributed by atoms with E-state index in [-0.39, 0.29) is 11.7 Å². The number of nitrogens with zero attached hydrogens (tertiary/aromatic N) is 4. The van der Waals surface area contributed by atoms with E-state index in [1.165, 1.54) is 29.2 Å². The lowest BCUT2D eigenvalue weighted by Gasteiger charge is -2.03. The molecule has 0 amide bonds. The first-order valence-electron chi connectivity index (χ1n) is 9.17. The fourth-order valence-corrected chi connectivity index (χ4v) is 4.56. The van der Waals surface area contributed by atoms with Crippen molar-refractivity contribution in [3.63, 3.8) is 0 Å². The van der Waals surface area contributed by atoms with E-state index in [1.807, 2.05) is 42.5 Å². The van der Waals surface area contributed by atoms with Crippen LogP contribution in [0.25, 0.3) is 27.4 Å². The molecule has 9 heteroatoms. The summed E-state index contributed by atoms with van der Waals surface area (Å²) in [6, 6.07) is 20.1. The van der Waals surface area contributed by atoms with Gasteiger partial charge in [-0.15, -0.1) is 0 Å². The molecule has 0 aliphatic rings. The summed E-state index contributed by atoms with van der Waals surface area (Å²) in [6.07, 6.45) is 0. The summed E-state index contributed by atoms with van der Waals surface area (Å²) in [6.45, 7) is 0.330. The van der Waals surface area contributed by atoms with Crippen molar-refractivity contribution in [3.05, 3.63) is 77.9 Å². The summed E-state index contributed by atoms with van der Waals surface area (Å²) in [7, 11) is 0. The number of rotatable bonds is 6. The molecule has 0 N–H and O–H groups in total. The van der Waals surface area contributed by atoms with Crippen molar-refractivity contribution < 1.29 is 13.9 Å². The highest BCUT2D eigenvalue weighted by molar-refractivity contribution is 7.99. The summed E-state index contributed by atoms with van der Waals surface area (Å²) in [5, 5.41) is 8.33. The van der Waals surface area contributed by atoms with Crippen LogP contribution in [0.3, 0.4) is 0 Å². The van der Waals surface area contributed by atoms with Crippen LogP contribution in [0.5, 0.6) is 5.88 Å². The summed E-state index contributed by atoms with van der Waals surface area (Å²) in [5.41, 5.74) is 2.26. The molecule has 152 valence electrons. The molecule has 0 spiro atoms. The number of pyridine rings is 1. The standard InChI is InChI=1S/C22H13FN4O2S2/c23-16-8-4-5-9-17(16)31-19-11-10-15-20(14-6-2-1-3-7-14)26-27(21(15)25-19)22-24-18(12-30-22)29-13-28/h1-13H. The summed E-state index contributed by atoms with van der Waals surface area (Å²) in [4.78, 5) is 20.2. The molecule has 2 aromatic carbocycles. The zero-order valence-corrected chi connectivity index (χ0v) is 17.4. The molecule has 6 nitrogen and oxygen atoms in total. The molecule has 31 heavy (non-hydrogen) atoms. The average Bonchev–Trinajstić information content (AvgIpc) is 3.41. The maximum atomic E-state index is 14.1. The van der Waals surface area contributed by atoms with E-state index in [0.717, 1.165) is 16.6 Å². The molecule has 0 radical (unpaired) electrons. The number of halogens is 1. The van der Waals surface area contributed by atoms with Gasteiger partial charge in [0.05, 0.1) is 5.38 Å². The predicted octanol–water partition coefficient (Wildman–Crippen LogP) is 5.37. The second-order valence-electron chi connectivity index (χ2n) is 6.36. The van der Waals surface area contributed by atoms with Crippen LogP contribution >= 0.6 is 23.1 Å². The molecule has 5 aromatic rings. The van der Waals surface area contributed by atoms with Gasteiger partial charge in [0.2, 0.25) is 11.0 Å². The second kappa shape index (κ2) is 8.29. The molecule has 3 heterocycles. The maximum Gasteiger partial charge on any atom is 0.299 e. The van der Waals surface area contributed by atoms with Crippen LogP contribution in [0.1, 0.15) is 0 Å². The Morgan fingerprint density at radius 2 is 1.81 bits per heavy atom. The fraction of sp³-hybridized carbons (Fsp3) is 0. The predicted molar refractivity (Wildman–Crippen MR) is 117 cm³/mol. The lowest BCUT2D eigenvalue weighted by Crippen LogP contribution is -1.98. The zero-order chi connectivity index (χ0) is 21.2. The smallest absolute Gasteiger partial charge is 0.299 e. The molecule has 0 aliphatic heterocycles. The number of fused-ring (bicyclic) bond motifs is 1. The summed E-state index contributed by atoms with van der Waals surface area (Å²) < 4.78 is 20.6. The molecule has 0 saturated carbocycles. The summed E-state index contributed by atoms with van der Waals surface area (Å²) >= 11 is 2.51. The van der Waals surface area contributed by atoms with Crippen LogP contribution in [0.15, 0.2) is 82.0 Å². The third-order valence-corrected chi connectivity index (χ3v) is 6.21. The van der Waals surface area contributed by atoms with Crippen molar-refractivity contribution in [1.29, 1.82) is 0 Å². The molecular formula is C22H13FN4O2S2. The van der Waals surface area contributed by atoms with Crippen LogP contribution in [-0.2, 0) is 4.79 Å². The topological polar surface area (TPSA) is 69.9 Å². The Morgan fingerprint density at radius 1 is 1.00 bits per heavy atom. The number of thiazole rings is 1. The molecule has 0 fully saturated rings. The van der Waals surface area contributed by atoms with Crippen molar-refractivity contribution in [3.8, 4) is 22.3 Å². The Morgan fingerprint density at radius 3 is 2.61 bits per heavy atom. The van der Waals surface area contributed by atoms with Gasteiger partial charge in [0.1, 0.15) is 16.5 Å². The zero-order valence-electron chi connectivity index (χ0n) is 15.8. The first-order chi connectivity index (χ1) is 15.2. The van der Waals surface area contributed by atoms with E-state index in [0.29, 0.717) is 27.2 Å². The van der Waals surface area contributed by atoms with Crippen molar-refractivity contribution in [1.82, 2.24) is 19.7 Å². The van der Waals surface area contributed by atoms with Crippen molar-refractivity contribution in [2.24, 2.45) is 0 Å². The molecular weight excluding hydrogens is 435 g/mol. The van der Waals surface area contributed by atoms with E-state index in [4.69, 9.17) is 14.8 Å². The van der Waals surface area contributed by atoms with Crippen LogP contribution in [0.2, 0.25) is 0 Å². The fourth-order valence-electron chi connectivity index (χ4n) is 3.07. The Labute approximate surface area is 184 Å². The van der Waals surface area contributed by atoms with Crippen LogP contribution in [-0.4, -0.2) is 26.2 Å². The molecule has 0 bridgehead atoms. The van der Waals surface area contributed by atoms with Crippen LogP contribution in [0.4, 0.5) is 4.39 Å². The van der Waals surface area contributed by atoms with E-state index >= 15 is 0 Å². The SMILES string of the molecule is O=COc1csc(-n2nc(-c3ccccc3)c3ccc(Sc4ccccc4F)nc32)n1.